The lowest BCUT2D eigenvalue weighted by Gasteiger charge is -2.47. The fourth-order valence-corrected chi connectivity index (χ4v) is 2.95. The third kappa shape index (κ3) is 1.33. The summed E-state index contributed by atoms with van der Waals surface area (Å²) in [7, 11) is 0. The number of ether oxygens (including phenoxy) is 1. The fraction of sp³-hybridized carbons (Fsp3) is 0.800. The number of imide groups is 1. The van der Waals surface area contributed by atoms with E-state index >= 15 is 0 Å². The van der Waals surface area contributed by atoms with Crippen LogP contribution in [0.15, 0.2) is 0 Å². The standard InChI is InChI=1S/C10H14N2O5/c1-3-6-7(14)8-4(13)2-5(17-8)12(6)10(16)11-9(3)15/h3-8,13-14H,2H2,1H3,(H,11,15,16)/t3?,4-,5-,6+,7+,8+/m1/s1. The molecule has 3 N–H and O–H groups in total. The monoisotopic (exact) mass is 242 g/mol. The number of aliphatic hydroxyl groups excluding tert-OH is 2. The average molecular weight is 242 g/mol. The SMILES string of the molecule is CC1C(=O)NC(=O)N2[C@H]3C[C@@H](O)[C@H](O3)[C@@H](O)[C@H]12. The number of aliphatic hydroxyl groups is 2. The van der Waals surface area contributed by atoms with Crippen LogP contribution in [0, 0.1) is 5.92 Å². The number of rotatable bonds is 0. The van der Waals surface area contributed by atoms with Crippen molar-refractivity contribution in [1.29, 1.82) is 0 Å². The third-order valence-electron chi connectivity index (χ3n) is 3.85. The molecule has 94 valence electrons. The van der Waals surface area contributed by atoms with Crippen LogP contribution in [0.3, 0.4) is 0 Å². The van der Waals surface area contributed by atoms with Crippen molar-refractivity contribution in [3.63, 3.8) is 0 Å². The number of amides is 3. The van der Waals surface area contributed by atoms with E-state index in [1.807, 2.05) is 0 Å². The molecule has 3 aliphatic rings. The van der Waals surface area contributed by atoms with Crippen LogP contribution in [0.2, 0.25) is 0 Å². The first-order valence-electron chi connectivity index (χ1n) is 5.65. The quantitative estimate of drug-likeness (QED) is 0.475. The fourth-order valence-electron chi connectivity index (χ4n) is 2.95. The average Bonchev–Trinajstić information content (AvgIpc) is 2.59. The van der Waals surface area contributed by atoms with Crippen molar-refractivity contribution in [2.45, 2.75) is 43.9 Å². The van der Waals surface area contributed by atoms with Gasteiger partial charge in [0.2, 0.25) is 5.91 Å². The lowest BCUT2D eigenvalue weighted by molar-refractivity contribution is -0.187. The van der Waals surface area contributed by atoms with Crippen molar-refractivity contribution in [2.24, 2.45) is 5.92 Å². The molecule has 0 aromatic heterocycles. The number of nitrogens with zero attached hydrogens (tertiary/aromatic N) is 1. The summed E-state index contributed by atoms with van der Waals surface area (Å²) >= 11 is 0. The molecule has 3 fully saturated rings. The van der Waals surface area contributed by atoms with E-state index in [-0.39, 0.29) is 6.42 Å². The van der Waals surface area contributed by atoms with Crippen molar-refractivity contribution in [3.8, 4) is 0 Å². The summed E-state index contributed by atoms with van der Waals surface area (Å²) in [5, 5.41) is 22.1. The van der Waals surface area contributed by atoms with E-state index in [1.54, 1.807) is 6.92 Å². The molecule has 3 saturated heterocycles. The molecule has 0 aromatic carbocycles. The first-order chi connectivity index (χ1) is 8.00. The maximum Gasteiger partial charge on any atom is 0.326 e. The topological polar surface area (TPSA) is 99.1 Å². The summed E-state index contributed by atoms with van der Waals surface area (Å²) in [6.07, 6.45) is -2.82. The summed E-state index contributed by atoms with van der Waals surface area (Å²) in [6.45, 7) is 1.65. The van der Waals surface area contributed by atoms with Gasteiger partial charge in [0.1, 0.15) is 18.4 Å². The van der Waals surface area contributed by atoms with E-state index in [0.717, 1.165) is 0 Å². The Morgan fingerprint density at radius 1 is 1.41 bits per heavy atom. The highest BCUT2D eigenvalue weighted by molar-refractivity contribution is 5.98. The Hall–Kier alpha value is -1.18. The van der Waals surface area contributed by atoms with Gasteiger partial charge in [0.05, 0.1) is 18.1 Å². The van der Waals surface area contributed by atoms with Gasteiger partial charge in [-0.25, -0.2) is 4.79 Å². The van der Waals surface area contributed by atoms with E-state index in [9.17, 15) is 19.8 Å². The molecular formula is C10H14N2O5. The van der Waals surface area contributed by atoms with E-state index < -0.39 is 48.4 Å². The molecule has 6 atom stereocenters. The van der Waals surface area contributed by atoms with E-state index in [1.165, 1.54) is 4.90 Å². The summed E-state index contributed by atoms with van der Waals surface area (Å²) in [5.41, 5.74) is 0. The molecule has 2 bridgehead atoms. The first-order valence-corrected chi connectivity index (χ1v) is 5.65. The van der Waals surface area contributed by atoms with Gasteiger partial charge in [-0.1, -0.05) is 6.92 Å². The van der Waals surface area contributed by atoms with Gasteiger partial charge in [0, 0.05) is 6.42 Å². The van der Waals surface area contributed by atoms with Crippen LogP contribution in [-0.4, -0.2) is 57.6 Å². The molecule has 7 nitrogen and oxygen atoms in total. The van der Waals surface area contributed by atoms with Gasteiger partial charge in [-0.3, -0.25) is 15.0 Å². The zero-order valence-corrected chi connectivity index (χ0v) is 9.24. The summed E-state index contributed by atoms with van der Waals surface area (Å²) in [5.74, 6) is -0.909. The van der Waals surface area contributed by atoms with E-state index in [4.69, 9.17) is 4.74 Å². The number of hydrogen-bond donors (Lipinski definition) is 3. The Morgan fingerprint density at radius 3 is 2.82 bits per heavy atom. The highest BCUT2D eigenvalue weighted by atomic mass is 16.6. The summed E-state index contributed by atoms with van der Waals surface area (Å²) in [4.78, 5) is 24.6. The van der Waals surface area contributed by atoms with Gasteiger partial charge in [-0.2, -0.15) is 0 Å². The lowest BCUT2D eigenvalue weighted by atomic mass is 9.89. The van der Waals surface area contributed by atoms with Crippen LogP contribution < -0.4 is 5.32 Å². The normalized spacial score (nSPS) is 49.0. The maximum absolute atomic E-state index is 11.7. The van der Waals surface area contributed by atoms with Crippen molar-refractivity contribution in [1.82, 2.24) is 10.2 Å². The van der Waals surface area contributed by atoms with Gasteiger partial charge in [0.25, 0.3) is 0 Å². The van der Waals surface area contributed by atoms with Crippen LogP contribution >= 0.6 is 0 Å². The zero-order valence-electron chi connectivity index (χ0n) is 9.24. The molecule has 7 heteroatoms. The largest absolute Gasteiger partial charge is 0.390 e. The Labute approximate surface area is 97.3 Å². The van der Waals surface area contributed by atoms with Gasteiger partial charge < -0.3 is 14.9 Å². The number of nitrogens with one attached hydrogen (secondary N) is 1. The van der Waals surface area contributed by atoms with Crippen molar-refractivity contribution in [2.75, 3.05) is 0 Å². The van der Waals surface area contributed by atoms with Gasteiger partial charge in [0.15, 0.2) is 0 Å². The van der Waals surface area contributed by atoms with E-state index in [2.05, 4.69) is 5.32 Å². The molecule has 0 aliphatic carbocycles. The van der Waals surface area contributed by atoms with Crippen LogP contribution in [0.4, 0.5) is 4.79 Å². The molecule has 17 heavy (non-hydrogen) atoms. The minimum Gasteiger partial charge on any atom is -0.390 e. The van der Waals surface area contributed by atoms with Crippen molar-refractivity contribution in [3.05, 3.63) is 0 Å². The number of carbonyl (C=O) groups excluding carboxylic acids is 2. The predicted octanol–water partition coefficient (Wildman–Crippen LogP) is -1.61. The van der Waals surface area contributed by atoms with Crippen LogP contribution in [0.25, 0.3) is 0 Å². The second-order valence-electron chi connectivity index (χ2n) is 4.83. The minimum atomic E-state index is -1.03. The van der Waals surface area contributed by atoms with Gasteiger partial charge >= 0.3 is 6.03 Å². The second kappa shape index (κ2) is 3.41. The number of urea groups is 1. The Morgan fingerprint density at radius 2 is 2.12 bits per heavy atom. The number of carbonyl (C=O) groups is 2. The van der Waals surface area contributed by atoms with Crippen LogP contribution in [0.1, 0.15) is 13.3 Å². The number of fused-ring (bicyclic) bond motifs is 4. The number of hydrogen-bond acceptors (Lipinski definition) is 5. The molecule has 0 aromatic rings. The van der Waals surface area contributed by atoms with Gasteiger partial charge in [-0.05, 0) is 0 Å². The Bertz CT molecular complexity index is 387. The van der Waals surface area contributed by atoms with Gasteiger partial charge in [-0.15, -0.1) is 0 Å². The molecule has 0 spiro atoms. The van der Waals surface area contributed by atoms with Crippen molar-refractivity contribution < 1.29 is 24.5 Å². The Balaban J connectivity index is 1.99. The van der Waals surface area contributed by atoms with Crippen LogP contribution in [0.5, 0.6) is 0 Å². The first kappa shape index (κ1) is 10.9. The minimum absolute atomic E-state index is 0.270. The molecule has 0 radical (unpaired) electrons. The molecule has 3 rings (SSSR count). The molecule has 3 amide bonds. The maximum atomic E-state index is 11.7. The smallest absolute Gasteiger partial charge is 0.326 e. The second-order valence-corrected chi connectivity index (χ2v) is 4.83. The summed E-state index contributed by atoms with van der Waals surface area (Å²) in [6, 6.07) is -1.17. The van der Waals surface area contributed by atoms with Crippen LogP contribution in [-0.2, 0) is 9.53 Å². The molecular weight excluding hydrogens is 228 g/mol. The highest BCUT2D eigenvalue weighted by Crippen LogP contribution is 2.38. The lowest BCUT2D eigenvalue weighted by Crippen LogP contribution is -2.69. The predicted molar refractivity (Wildman–Crippen MR) is 53.6 cm³/mol. The zero-order chi connectivity index (χ0) is 12.3. The van der Waals surface area contributed by atoms with Crippen molar-refractivity contribution >= 4 is 11.9 Å². The molecule has 1 unspecified atom stereocenters. The Kier molecular flexibility index (Phi) is 2.19. The molecule has 3 aliphatic heterocycles. The summed E-state index contributed by atoms with van der Waals surface area (Å²) < 4.78 is 5.40. The molecule has 3 heterocycles. The van der Waals surface area contributed by atoms with E-state index in [0.29, 0.717) is 0 Å². The highest BCUT2D eigenvalue weighted by Gasteiger charge is 2.57. The third-order valence-corrected chi connectivity index (χ3v) is 3.85. The molecule has 0 saturated carbocycles.